The van der Waals surface area contributed by atoms with Crippen LogP contribution in [0.1, 0.15) is 39.1 Å². The molecule has 0 spiro atoms. The van der Waals surface area contributed by atoms with E-state index in [2.05, 4.69) is 40.9 Å². The number of nitrogens with one attached hydrogen (secondary N) is 1. The molecular weight excluding hydrogens is 384 g/mol. The van der Waals surface area contributed by atoms with Gasteiger partial charge in [0.2, 0.25) is 0 Å². The molecule has 0 aliphatic heterocycles. The van der Waals surface area contributed by atoms with Crippen molar-refractivity contribution in [3.05, 3.63) is 53.9 Å². The number of hydrogen-bond acceptors (Lipinski definition) is 4. The highest BCUT2D eigenvalue weighted by atomic mass is 35.5. The Kier molecular flexibility index (Phi) is 7.69. The molecule has 3 aromatic rings. The molecule has 1 heterocycles. The van der Waals surface area contributed by atoms with Gasteiger partial charge in [-0.3, -0.25) is 0 Å². The Bertz CT molecular complexity index is 996. The number of nitriles is 1. The number of benzene rings is 2. The van der Waals surface area contributed by atoms with E-state index in [0.717, 1.165) is 41.1 Å². The summed E-state index contributed by atoms with van der Waals surface area (Å²) in [6.07, 6.45) is 1.87. The summed E-state index contributed by atoms with van der Waals surface area (Å²) in [5.74, 6) is 1.33. The summed E-state index contributed by atoms with van der Waals surface area (Å²) in [6.45, 7) is 10.1. The molecule has 0 aliphatic carbocycles. The van der Waals surface area contributed by atoms with Gasteiger partial charge in [-0.05, 0) is 58.0 Å². The van der Waals surface area contributed by atoms with Crippen molar-refractivity contribution in [3.63, 3.8) is 0 Å². The zero-order chi connectivity index (χ0) is 20.1. The maximum Gasteiger partial charge on any atom is 0.149 e. The molecule has 0 radical (unpaired) electrons. The zero-order valence-electron chi connectivity index (χ0n) is 17.3. The molecule has 2 aromatic carbocycles. The van der Waals surface area contributed by atoms with Crippen molar-refractivity contribution >= 4 is 40.8 Å². The zero-order valence-corrected chi connectivity index (χ0v) is 18.1. The van der Waals surface area contributed by atoms with E-state index in [0.29, 0.717) is 11.4 Å². The minimum absolute atomic E-state index is 0. The molecule has 5 nitrogen and oxygen atoms in total. The van der Waals surface area contributed by atoms with Crippen LogP contribution in [0.5, 0.6) is 5.75 Å². The van der Waals surface area contributed by atoms with Gasteiger partial charge in [-0.1, -0.05) is 12.1 Å². The molecule has 29 heavy (non-hydrogen) atoms. The number of imidazole rings is 1. The lowest BCUT2D eigenvalue weighted by molar-refractivity contribution is 0.242. The van der Waals surface area contributed by atoms with Gasteiger partial charge < -0.3 is 14.6 Å². The Morgan fingerprint density at radius 1 is 1.21 bits per heavy atom. The van der Waals surface area contributed by atoms with Gasteiger partial charge in [-0.25, -0.2) is 4.98 Å². The van der Waals surface area contributed by atoms with Gasteiger partial charge in [0, 0.05) is 30.4 Å². The highest BCUT2D eigenvalue weighted by Crippen LogP contribution is 2.30. The Labute approximate surface area is 178 Å². The van der Waals surface area contributed by atoms with Gasteiger partial charge >= 0.3 is 0 Å². The van der Waals surface area contributed by atoms with Gasteiger partial charge in [0.05, 0.1) is 22.7 Å². The molecule has 0 unspecified atom stereocenters. The normalized spacial score (nSPS) is 11.2. The van der Waals surface area contributed by atoms with Crippen molar-refractivity contribution in [2.45, 2.75) is 33.8 Å². The number of ether oxygens (including phenoxy) is 1. The second-order valence-electron chi connectivity index (χ2n) is 6.83. The van der Waals surface area contributed by atoms with Crippen LogP contribution in [0.15, 0.2) is 42.5 Å². The number of hydrogen-bond donors (Lipinski definition) is 1. The predicted octanol–water partition coefficient (Wildman–Crippen LogP) is 5.68. The Morgan fingerprint density at radius 3 is 2.55 bits per heavy atom. The van der Waals surface area contributed by atoms with Crippen LogP contribution in [-0.4, -0.2) is 29.2 Å². The number of aromatic nitrogens is 2. The average Bonchev–Trinajstić information content (AvgIpc) is 3.12. The van der Waals surface area contributed by atoms with Crippen LogP contribution in [0, 0.1) is 11.3 Å². The molecule has 0 saturated heterocycles. The largest absolute Gasteiger partial charge is 0.490 e. The number of fused-ring (bicyclic) bond motifs is 1. The number of aromatic amines is 1. The highest BCUT2D eigenvalue weighted by Gasteiger charge is 2.12. The highest BCUT2D eigenvalue weighted by molar-refractivity contribution is 5.91. The van der Waals surface area contributed by atoms with E-state index in [9.17, 15) is 5.26 Å². The van der Waals surface area contributed by atoms with Crippen LogP contribution in [0.4, 0.5) is 5.69 Å². The van der Waals surface area contributed by atoms with Crippen LogP contribution >= 0.6 is 12.4 Å². The fraction of sp³-hybridized carbons (Fsp3) is 0.304. The van der Waals surface area contributed by atoms with Crippen molar-refractivity contribution in [2.24, 2.45) is 0 Å². The predicted molar refractivity (Wildman–Crippen MR) is 123 cm³/mol. The lowest BCUT2D eigenvalue weighted by Crippen LogP contribution is -2.21. The smallest absolute Gasteiger partial charge is 0.149 e. The van der Waals surface area contributed by atoms with E-state index in [1.807, 2.05) is 56.3 Å². The van der Waals surface area contributed by atoms with Crippen molar-refractivity contribution in [1.82, 2.24) is 9.97 Å². The van der Waals surface area contributed by atoms with E-state index < -0.39 is 0 Å². The topological polar surface area (TPSA) is 64.9 Å². The third-order valence-corrected chi connectivity index (χ3v) is 4.55. The molecule has 1 aromatic heterocycles. The third-order valence-electron chi connectivity index (χ3n) is 4.55. The minimum atomic E-state index is 0. The number of nitrogens with zero attached hydrogens (tertiary/aromatic N) is 3. The van der Waals surface area contributed by atoms with Gasteiger partial charge in [0.1, 0.15) is 17.6 Å². The number of H-pyrrole nitrogens is 1. The second-order valence-corrected chi connectivity index (χ2v) is 6.83. The Morgan fingerprint density at radius 2 is 1.93 bits per heavy atom. The molecule has 1 N–H and O–H groups in total. The summed E-state index contributed by atoms with van der Waals surface area (Å²) < 4.78 is 6.05. The van der Waals surface area contributed by atoms with Crippen LogP contribution in [0.2, 0.25) is 0 Å². The maximum atomic E-state index is 9.73. The fourth-order valence-electron chi connectivity index (χ4n) is 3.17. The van der Waals surface area contributed by atoms with Crippen molar-refractivity contribution < 1.29 is 4.74 Å². The van der Waals surface area contributed by atoms with Crippen LogP contribution in [0.3, 0.4) is 0 Å². The molecule has 0 amide bonds. The molecular formula is C23H27ClN4O. The van der Waals surface area contributed by atoms with Gasteiger partial charge in [0.25, 0.3) is 0 Å². The van der Waals surface area contributed by atoms with E-state index in [4.69, 9.17) is 4.74 Å². The Balaban J connectivity index is 0.00000300. The molecule has 0 fully saturated rings. The standard InChI is InChI=1S/C23H26N4O.ClH/c1-5-27(6-2)19-12-11-17(22(14-19)28-16(3)4)13-18(15-24)23-25-20-9-7-8-10-21(20)26-23;/h7-14,16H,5-6H2,1-4H3,(H,25,26);1H. The monoisotopic (exact) mass is 410 g/mol. The summed E-state index contributed by atoms with van der Waals surface area (Å²) in [7, 11) is 0. The van der Waals surface area contributed by atoms with Crippen LogP contribution in [-0.2, 0) is 0 Å². The molecule has 0 atom stereocenters. The lowest BCUT2D eigenvalue weighted by atomic mass is 10.1. The molecule has 0 saturated carbocycles. The first-order valence-electron chi connectivity index (χ1n) is 9.68. The minimum Gasteiger partial charge on any atom is -0.490 e. The molecule has 6 heteroatoms. The summed E-state index contributed by atoms with van der Waals surface area (Å²) in [5, 5.41) is 9.73. The molecule has 0 aliphatic rings. The molecule has 0 bridgehead atoms. The van der Waals surface area contributed by atoms with Gasteiger partial charge in [-0.2, -0.15) is 5.26 Å². The maximum absolute atomic E-state index is 9.73. The van der Waals surface area contributed by atoms with E-state index in [1.165, 1.54) is 0 Å². The van der Waals surface area contributed by atoms with Gasteiger partial charge in [0.15, 0.2) is 0 Å². The van der Waals surface area contributed by atoms with E-state index in [-0.39, 0.29) is 18.5 Å². The van der Waals surface area contributed by atoms with E-state index in [1.54, 1.807) is 0 Å². The summed E-state index contributed by atoms with van der Waals surface area (Å²) in [4.78, 5) is 10.0. The second kappa shape index (κ2) is 9.99. The number of allylic oxidation sites excluding steroid dienone is 1. The number of halogens is 1. The number of rotatable bonds is 7. The number of para-hydroxylation sites is 2. The summed E-state index contributed by atoms with van der Waals surface area (Å²) in [6, 6.07) is 16.1. The van der Waals surface area contributed by atoms with Crippen LogP contribution in [0.25, 0.3) is 22.7 Å². The lowest BCUT2D eigenvalue weighted by Gasteiger charge is -2.23. The first kappa shape index (κ1) is 22.3. The molecule has 3 rings (SSSR count). The Hall–Kier alpha value is -2.97. The van der Waals surface area contributed by atoms with Crippen molar-refractivity contribution in [3.8, 4) is 11.8 Å². The summed E-state index contributed by atoms with van der Waals surface area (Å²) >= 11 is 0. The van der Waals surface area contributed by atoms with E-state index >= 15 is 0 Å². The fourth-order valence-corrected chi connectivity index (χ4v) is 3.17. The van der Waals surface area contributed by atoms with Crippen molar-refractivity contribution in [1.29, 1.82) is 5.26 Å². The first-order valence-corrected chi connectivity index (χ1v) is 9.68. The SMILES string of the molecule is CCN(CC)c1ccc(C=C(C#N)c2nc3ccccc3[nH]2)c(OC(C)C)c1.Cl. The molecule has 152 valence electrons. The quantitative estimate of drug-likeness (QED) is 0.508. The van der Waals surface area contributed by atoms with Crippen molar-refractivity contribution in [2.75, 3.05) is 18.0 Å². The first-order chi connectivity index (χ1) is 13.5. The average molecular weight is 411 g/mol. The summed E-state index contributed by atoms with van der Waals surface area (Å²) in [5.41, 5.74) is 4.20. The van der Waals surface area contributed by atoms with Gasteiger partial charge in [-0.15, -0.1) is 12.4 Å². The van der Waals surface area contributed by atoms with Crippen LogP contribution < -0.4 is 9.64 Å². The number of anilines is 1. The third kappa shape index (κ3) is 5.10.